The van der Waals surface area contributed by atoms with Crippen molar-refractivity contribution in [3.8, 4) is 0 Å². The van der Waals surface area contributed by atoms with Crippen LogP contribution in [-0.2, 0) is 0 Å². The molecule has 0 atom stereocenters. The number of rotatable bonds is 6. The number of unbranched alkanes of at least 4 members (excludes halogenated alkanes) is 1. The fourth-order valence-electron chi connectivity index (χ4n) is 1.09. The Morgan fingerprint density at radius 3 is 2.23 bits per heavy atom. The van der Waals surface area contributed by atoms with E-state index in [1.165, 1.54) is 4.90 Å². The van der Waals surface area contributed by atoms with E-state index in [4.69, 9.17) is 5.73 Å². The van der Waals surface area contributed by atoms with Crippen molar-refractivity contribution in [2.75, 3.05) is 26.2 Å². The van der Waals surface area contributed by atoms with E-state index in [9.17, 15) is 13.2 Å². The molecule has 0 aliphatic rings. The maximum Gasteiger partial charge on any atom is 0.401 e. The predicted molar refractivity (Wildman–Crippen MR) is 46.5 cm³/mol. The molecule has 0 unspecified atom stereocenters. The van der Waals surface area contributed by atoms with Crippen LogP contribution in [-0.4, -0.2) is 37.3 Å². The number of halogens is 3. The lowest BCUT2D eigenvalue weighted by Crippen LogP contribution is -2.38. The molecule has 0 saturated carbocycles. The van der Waals surface area contributed by atoms with E-state index in [-0.39, 0.29) is 6.54 Å². The first-order chi connectivity index (χ1) is 5.99. The van der Waals surface area contributed by atoms with Gasteiger partial charge in [0.2, 0.25) is 0 Å². The highest BCUT2D eigenvalue weighted by Gasteiger charge is 2.29. The monoisotopic (exact) mass is 198 g/mol. The van der Waals surface area contributed by atoms with Crippen LogP contribution in [0.5, 0.6) is 0 Å². The van der Waals surface area contributed by atoms with Crippen LogP contribution in [0, 0.1) is 0 Å². The first-order valence-corrected chi connectivity index (χ1v) is 4.48. The van der Waals surface area contributed by atoms with E-state index < -0.39 is 12.7 Å². The van der Waals surface area contributed by atoms with E-state index in [0.29, 0.717) is 13.1 Å². The minimum absolute atomic E-state index is 0.278. The Balaban J connectivity index is 3.79. The maximum atomic E-state index is 12.0. The standard InChI is InChI=1S/C8H17F3N2/c1-2-3-5-13(6-4-12)7-8(9,10)11/h2-7,12H2,1H3. The average Bonchev–Trinajstić information content (AvgIpc) is 1.98. The van der Waals surface area contributed by atoms with E-state index in [1.807, 2.05) is 6.92 Å². The molecule has 5 heteroatoms. The van der Waals surface area contributed by atoms with Crippen molar-refractivity contribution in [3.63, 3.8) is 0 Å². The third-order valence-corrected chi connectivity index (χ3v) is 1.68. The van der Waals surface area contributed by atoms with E-state index in [1.54, 1.807) is 0 Å². The molecule has 2 nitrogen and oxygen atoms in total. The molecule has 0 aromatic heterocycles. The van der Waals surface area contributed by atoms with Gasteiger partial charge in [-0.05, 0) is 13.0 Å². The number of alkyl halides is 3. The summed E-state index contributed by atoms with van der Waals surface area (Å²) in [6.07, 6.45) is -2.42. The van der Waals surface area contributed by atoms with Crippen LogP contribution in [0.3, 0.4) is 0 Å². The second-order valence-corrected chi connectivity index (χ2v) is 3.03. The van der Waals surface area contributed by atoms with Crippen molar-refractivity contribution >= 4 is 0 Å². The summed E-state index contributed by atoms with van der Waals surface area (Å²) < 4.78 is 35.9. The molecule has 0 aliphatic carbocycles. The molecule has 80 valence electrons. The Labute approximate surface area is 76.9 Å². The lowest BCUT2D eigenvalue weighted by atomic mass is 10.3. The van der Waals surface area contributed by atoms with Gasteiger partial charge in [0.15, 0.2) is 0 Å². The first kappa shape index (κ1) is 12.7. The summed E-state index contributed by atoms with van der Waals surface area (Å²) >= 11 is 0. The van der Waals surface area contributed by atoms with Crippen LogP contribution in [0.4, 0.5) is 13.2 Å². The summed E-state index contributed by atoms with van der Waals surface area (Å²) in [6.45, 7) is 2.19. The van der Waals surface area contributed by atoms with Crippen LogP contribution in [0.25, 0.3) is 0 Å². The smallest absolute Gasteiger partial charge is 0.329 e. The van der Waals surface area contributed by atoms with Crippen LogP contribution < -0.4 is 5.73 Å². The van der Waals surface area contributed by atoms with Crippen LogP contribution >= 0.6 is 0 Å². The van der Waals surface area contributed by atoms with Gasteiger partial charge in [-0.1, -0.05) is 13.3 Å². The van der Waals surface area contributed by atoms with Crippen molar-refractivity contribution in [1.82, 2.24) is 4.90 Å². The quantitative estimate of drug-likeness (QED) is 0.702. The minimum atomic E-state index is -4.11. The second-order valence-electron chi connectivity index (χ2n) is 3.03. The maximum absolute atomic E-state index is 12.0. The van der Waals surface area contributed by atoms with Crippen molar-refractivity contribution in [2.24, 2.45) is 5.73 Å². The predicted octanol–water partition coefficient (Wildman–Crippen LogP) is 1.61. The Morgan fingerprint density at radius 1 is 1.23 bits per heavy atom. The van der Waals surface area contributed by atoms with Gasteiger partial charge in [-0.15, -0.1) is 0 Å². The highest BCUT2D eigenvalue weighted by atomic mass is 19.4. The van der Waals surface area contributed by atoms with Gasteiger partial charge in [0.1, 0.15) is 0 Å². The molecule has 0 rings (SSSR count). The Morgan fingerprint density at radius 2 is 1.85 bits per heavy atom. The first-order valence-electron chi connectivity index (χ1n) is 4.48. The van der Waals surface area contributed by atoms with Crippen molar-refractivity contribution in [3.05, 3.63) is 0 Å². The summed E-state index contributed by atoms with van der Waals surface area (Å²) in [6, 6.07) is 0. The minimum Gasteiger partial charge on any atom is -0.329 e. The molecule has 0 aromatic carbocycles. The van der Waals surface area contributed by atoms with Gasteiger partial charge in [0.25, 0.3) is 0 Å². The molecule has 0 radical (unpaired) electrons. The third kappa shape index (κ3) is 8.05. The van der Waals surface area contributed by atoms with Crippen molar-refractivity contribution in [1.29, 1.82) is 0 Å². The van der Waals surface area contributed by atoms with Gasteiger partial charge in [-0.25, -0.2) is 0 Å². The molecular weight excluding hydrogens is 181 g/mol. The third-order valence-electron chi connectivity index (χ3n) is 1.68. The highest BCUT2D eigenvalue weighted by Crippen LogP contribution is 2.16. The van der Waals surface area contributed by atoms with Crippen LogP contribution in [0.2, 0.25) is 0 Å². The molecular formula is C8H17F3N2. The van der Waals surface area contributed by atoms with E-state index >= 15 is 0 Å². The molecule has 0 aromatic rings. The average molecular weight is 198 g/mol. The van der Waals surface area contributed by atoms with Gasteiger partial charge in [0.05, 0.1) is 6.54 Å². The number of hydrogen-bond acceptors (Lipinski definition) is 2. The molecule has 0 aliphatic heterocycles. The van der Waals surface area contributed by atoms with Gasteiger partial charge < -0.3 is 5.73 Å². The molecule has 0 fully saturated rings. The number of nitrogens with zero attached hydrogens (tertiary/aromatic N) is 1. The molecule has 0 saturated heterocycles. The lowest BCUT2D eigenvalue weighted by molar-refractivity contribution is -0.145. The normalized spacial score (nSPS) is 12.5. The number of hydrogen-bond donors (Lipinski definition) is 1. The number of nitrogens with two attached hydrogens (primary N) is 1. The fourth-order valence-corrected chi connectivity index (χ4v) is 1.09. The van der Waals surface area contributed by atoms with Crippen LogP contribution in [0.1, 0.15) is 19.8 Å². The SMILES string of the molecule is CCCCN(CCN)CC(F)(F)F. The fraction of sp³-hybridized carbons (Fsp3) is 1.00. The zero-order valence-corrected chi connectivity index (χ0v) is 7.90. The Kier molecular flexibility index (Phi) is 6.07. The second kappa shape index (κ2) is 6.21. The van der Waals surface area contributed by atoms with Crippen LogP contribution in [0.15, 0.2) is 0 Å². The van der Waals surface area contributed by atoms with E-state index in [0.717, 1.165) is 12.8 Å². The zero-order valence-electron chi connectivity index (χ0n) is 7.90. The largest absolute Gasteiger partial charge is 0.401 e. The molecule has 0 bridgehead atoms. The summed E-state index contributed by atoms with van der Waals surface area (Å²) in [4.78, 5) is 1.35. The lowest BCUT2D eigenvalue weighted by Gasteiger charge is -2.22. The molecule has 0 amide bonds. The summed E-state index contributed by atoms with van der Waals surface area (Å²) in [5.74, 6) is 0. The molecule has 2 N–H and O–H groups in total. The summed E-state index contributed by atoms with van der Waals surface area (Å²) in [7, 11) is 0. The van der Waals surface area contributed by atoms with Gasteiger partial charge in [0, 0.05) is 13.1 Å². The summed E-state index contributed by atoms with van der Waals surface area (Å²) in [5, 5.41) is 0. The van der Waals surface area contributed by atoms with Gasteiger partial charge in [-0.2, -0.15) is 13.2 Å². The Bertz CT molecular complexity index is 125. The zero-order chi connectivity index (χ0) is 10.3. The Hall–Kier alpha value is -0.290. The van der Waals surface area contributed by atoms with E-state index in [2.05, 4.69) is 0 Å². The van der Waals surface area contributed by atoms with Crippen molar-refractivity contribution < 1.29 is 13.2 Å². The van der Waals surface area contributed by atoms with Crippen molar-refractivity contribution in [2.45, 2.75) is 25.9 Å². The highest BCUT2D eigenvalue weighted by molar-refractivity contribution is 4.63. The molecule has 0 spiro atoms. The summed E-state index contributed by atoms with van der Waals surface area (Å²) in [5.41, 5.74) is 5.21. The van der Waals surface area contributed by atoms with Gasteiger partial charge in [-0.3, -0.25) is 4.90 Å². The molecule has 13 heavy (non-hydrogen) atoms. The van der Waals surface area contributed by atoms with Gasteiger partial charge >= 0.3 is 6.18 Å². The topological polar surface area (TPSA) is 29.3 Å². The molecule has 0 heterocycles.